The Morgan fingerprint density at radius 2 is 1.93 bits per heavy atom. The van der Waals surface area contributed by atoms with Gasteiger partial charge in [0.25, 0.3) is 0 Å². The van der Waals surface area contributed by atoms with Crippen LogP contribution in [-0.4, -0.2) is 34.3 Å². The molecule has 8 heteroatoms. The number of hydrogen-bond acceptors (Lipinski definition) is 8. The largest absolute Gasteiger partial charge is 0.497 e. The van der Waals surface area contributed by atoms with Gasteiger partial charge in [0, 0.05) is 11.5 Å². The molecule has 0 saturated carbocycles. The van der Waals surface area contributed by atoms with Crippen LogP contribution in [0.1, 0.15) is 5.89 Å². The van der Waals surface area contributed by atoms with Crippen LogP contribution in [0, 0.1) is 0 Å². The molecule has 4 rings (SSSR count). The molecular formula is C19H16N4O3S. The van der Waals surface area contributed by atoms with Crippen LogP contribution >= 0.6 is 11.8 Å². The fourth-order valence-corrected chi connectivity index (χ4v) is 3.46. The van der Waals surface area contributed by atoms with Crippen molar-refractivity contribution in [2.75, 3.05) is 14.2 Å². The number of methoxy groups -OCH3 is 2. The van der Waals surface area contributed by atoms with Crippen LogP contribution in [0.2, 0.25) is 0 Å². The van der Waals surface area contributed by atoms with Gasteiger partial charge in [-0.2, -0.15) is 4.98 Å². The topological polar surface area (TPSA) is 83.2 Å². The molecule has 0 atom stereocenters. The van der Waals surface area contributed by atoms with Crippen molar-refractivity contribution in [1.82, 2.24) is 20.1 Å². The standard InChI is InChI=1S/C19H16N4O3S/c1-24-12-7-8-14(16(9-12)25-2)18-22-17(26-23-18)10-27-19-13-5-3-4-6-15(13)20-11-21-19/h3-9,11H,10H2,1-2H3. The third-order valence-electron chi connectivity index (χ3n) is 3.96. The monoisotopic (exact) mass is 380 g/mol. The van der Waals surface area contributed by atoms with Gasteiger partial charge in [-0.05, 0) is 18.2 Å². The predicted octanol–water partition coefficient (Wildman–Crippen LogP) is 3.99. The fourth-order valence-electron chi connectivity index (χ4n) is 2.63. The lowest BCUT2D eigenvalue weighted by Crippen LogP contribution is -1.92. The first-order valence-corrected chi connectivity index (χ1v) is 9.14. The van der Waals surface area contributed by atoms with E-state index >= 15 is 0 Å². The zero-order valence-corrected chi connectivity index (χ0v) is 15.6. The van der Waals surface area contributed by atoms with E-state index in [1.54, 1.807) is 26.6 Å². The Kier molecular flexibility index (Phi) is 4.88. The molecule has 0 aliphatic heterocycles. The van der Waals surface area contributed by atoms with E-state index in [1.165, 1.54) is 11.8 Å². The van der Waals surface area contributed by atoms with Crippen molar-refractivity contribution in [2.45, 2.75) is 10.8 Å². The second-order valence-electron chi connectivity index (χ2n) is 5.56. The van der Waals surface area contributed by atoms with E-state index < -0.39 is 0 Å². The lowest BCUT2D eigenvalue weighted by Gasteiger charge is -2.07. The summed E-state index contributed by atoms with van der Waals surface area (Å²) in [5, 5.41) is 5.95. The zero-order chi connectivity index (χ0) is 18.6. The van der Waals surface area contributed by atoms with Gasteiger partial charge in [-0.1, -0.05) is 35.1 Å². The number of benzene rings is 2. The van der Waals surface area contributed by atoms with E-state index in [-0.39, 0.29) is 0 Å². The highest BCUT2D eigenvalue weighted by molar-refractivity contribution is 7.98. The molecule has 0 unspecified atom stereocenters. The number of ether oxygens (including phenoxy) is 2. The Hall–Kier alpha value is -3.13. The average Bonchev–Trinajstić information content (AvgIpc) is 3.20. The Morgan fingerprint density at radius 3 is 2.78 bits per heavy atom. The maximum absolute atomic E-state index is 5.41. The summed E-state index contributed by atoms with van der Waals surface area (Å²) < 4.78 is 16.0. The quantitative estimate of drug-likeness (QED) is 0.367. The second-order valence-corrected chi connectivity index (χ2v) is 6.53. The summed E-state index contributed by atoms with van der Waals surface area (Å²) in [7, 11) is 3.20. The summed E-state index contributed by atoms with van der Waals surface area (Å²) in [5.41, 5.74) is 1.65. The van der Waals surface area contributed by atoms with Gasteiger partial charge in [-0.25, -0.2) is 9.97 Å². The van der Waals surface area contributed by atoms with Crippen molar-refractivity contribution in [3.8, 4) is 22.9 Å². The molecule has 0 saturated heterocycles. The molecule has 0 fully saturated rings. The normalized spacial score (nSPS) is 10.9. The SMILES string of the molecule is COc1ccc(-c2noc(CSc3ncnc4ccccc34)n2)c(OC)c1. The van der Waals surface area contributed by atoms with Gasteiger partial charge in [-0.15, -0.1) is 0 Å². The van der Waals surface area contributed by atoms with Crippen LogP contribution < -0.4 is 9.47 Å². The molecule has 0 aliphatic rings. The molecule has 0 aliphatic carbocycles. The Bertz CT molecular complexity index is 1080. The number of para-hydroxylation sites is 1. The van der Waals surface area contributed by atoms with Gasteiger partial charge in [-0.3, -0.25) is 0 Å². The summed E-state index contributed by atoms with van der Waals surface area (Å²) in [5.74, 6) is 2.81. The minimum Gasteiger partial charge on any atom is -0.497 e. The second kappa shape index (κ2) is 7.63. The first kappa shape index (κ1) is 17.3. The third-order valence-corrected chi connectivity index (χ3v) is 4.95. The molecule has 4 aromatic rings. The maximum atomic E-state index is 5.41. The molecule has 136 valence electrons. The number of rotatable bonds is 6. The molecular weight excluding hydrogens is 364 g/mol. The fraction of sp³-hybridized carbons (Fsp3) is 0.158. The van der Waals surface area contributed by atoms with Gasteiger partial charge < -0.3 is 14.0 Å². The lowest BCUT2D eigenvalue weighted by molar-refractivity contribution is 0.388. The third kappa shape index (κ3) is 3.56. The number of thioether (sulfide) groups is 1. The van der Waals surface area contributed by atoms with E-state index in [0.717, 1.165) is 21.5 Å². The molecule has 7 nitrogen and oxygen atoms in total. The van der Waals surface area contributed by atoms with Crippen molar-refractivity contribution in [3.05, 3.63) is 54.7 Å². The molecule has 27 heavy (non-hydrogen) atoms. The molecule has 2 heterocycles. The molecule has 2 aromatic heterocycles. The van der Waals surface area contributed by atoms with E-state index in [9.17, 15) is 0 Å². The zero-order valence-electron chi connectivity index (χ0n) is 14.7. The van der Waals surface area contributed by atoms with Gasteiger partial charge in [0.15, 0.2) is 0 Å². The Labute approximate surface area is 159 Å². The molecule has 0 N–H and O–H groups in total. The molecule has 0 radical (unpaired) electrons. The molecule has 0 bridgehead atoms. The number of fused-ring (bicyclic) bond motifs is 1. The summed E-state index contributed by atoms with van der Waals surface area (Å²) >= 11 is 1.53. The van der Waals surface area contributed by atoms with Crippen LogP contribution in [0.5, 0.6) is 11.5 Å². The van der Waals surface area contributed by atoms with Crippen molar-refractivity contribution in [2.24, 2.45) is 0 Å². The van der Waals surface area contributed by atoms with Crippen LogP contribution in [0.4, 0.5) is 0 Å². The van der Waals surface area contributed by atoms with Gasteiger partial charge in [0.05, 0.1) is 31.1 Å². The molecule has 0 amide bonds. The number of nitrogens with zero attached hydrogens (tertiary/aromatic N) is 4. The molecule has 0 spiro atoms. The Morgan fingerprint density at radius 1 is 1.04 bits per heavy atom. The minimum atomic E-state index is 0.470. The first-order valence-electron chi connectivity index (χ1n) is 8.16. The van der Waals surface area contributed by atoms with Crippen LogP contribution in [0.25, 0.3) is 22.3 Å². The summed E-state index contributed by atoms with van der Waals surface area (Å²) in [6.45, 7) is 0. The van der Waals surface area contributed by atoms with Crippen LogP contribution in [-0.2, 0) is 5.75 Å². The van der Waals surface area contributed by atoms with E-state index in [1.807, 2.05) is 36.4 Å². The number of hydrogen-bond donors (Lipinski definition) is 0. The van der Waals surface area contributed by atoms with Gasteiger partial charge >= 0.3 is 0 Å². The molecule has 2 aromatic carbocycles. The smallest absolute Gasteiger partial charge is 0.237 e. The highest BCUT2D eigenvalue weighted by Crippen LogP contribution is 2.32. The van der Waals surface area contributed by atoms with E-state index in [2.05, 4.69) is 20.1 Å². The van der Waals surface area contributed by atoms with Gasteiger partial charge in [0.2, 0.25) is 11.7 Å². The van der Waals surface area contributed by atoms with Crippen molar-refractivity contribution in [3.63, 3.8) is 0 Å². The van der Waals surface area contributed by atoms with Crippen LogP contribution in [0.3, 0.4) is 0 Å². The highest BCUT2D eigenvalue weighted by atomic mass is 32.2. The van der Waals surface area contributed by atoms with Crippen molar-refractivity contribution >= 4 is 22.7 Å². The van der Waals surface area contributed by atoms with E-state index in [4.69, 9.17) is 14.0 Å². The maximum Gasteiger partial charge on any atom is 0.237 e. The summed E-state index contributed by atoms with van der Waals surface area (Å²) in [4.78, 5) is 13.1. The highest BCUT2D eigenvalue weighted by Gasteiger charge is 2.15. The number of aromatic nitrogens is 4. The van der Waals surface area contributed by atoms with Gasteiger partial charge in [0.1, 0.15) is 22.9 Å². The van der Waals surface area contributed by atoms with Crippen LogP contribution in [0.15, 0.2) is 58.3 Å². The summed E-state index contributed by atoms with van der Waals surface area (Å²) in [6, 6.07) is 13.3. The minimum absolute atomic E-state index is 0.470. The first-order chi connectivity index (χ1) is 13.3. The van der Waals surface area contributed by atoms with Crippen molar-refractivity contribution < 1.29 is 14.0 Å². The summed E-state index contributed by atoms with van der Waals surface area (Å²) in [6.07, 6.45) is 1.56. The average molecular weight is 380 g/mol. The lowest BCUT2D eigenvalue weighted by atomic mass is 10.2. The van der Waals surface area contributed by atoms with E-state index in [0.29, 0.717) is 29.0 Å². The Balaban J connectivity index is 1.55. The predicted molar refractivity (Wildman–Crippen MR) is 102 cm³/mol. The van der Waals surface area contributed by atoms with Crippen molar-refractivity contribution in [1.29, 1.82) is 0 Å².